The second-order valence-corrected chi connectivity index (χ2v) is 5.48. The lowest BCUT2D eigenvalue weighted by molar-refractivity contribution is -0.122. The molecule has 0 spiro atoms. The minimum atomic E-state index is -0.363. The average molecular weight is 292 g/mol. The summed E-state index contributed by atoms with van der Waals surface area (Å²) in [6.45, 7) is 5.35. The summed E-state index contributed by atoms with van der Waals surface area (Å²) in [5.74, 6) is 0.679. The summed E-state index contributed by atoms with van der Waals surface area (Å²) in [5, 5.41) is 3.47. The minimum absolute atomic E-state index is 0.259. The van der Waals surface area contributed by atoms with E-state index in [2.05, 4.69) is 5.32 Å². The Hall–Kier alpha value is -1.75. The molecule has 0 saturated heterocycles. The highest BCUT2D eigenvalue weighted by Crippen LogP contribution is 2.29. The third-order valence-electron chi connectivity index (χ3n) is 3.45. The number of ether oxygens (including phenoxy) is 2. The highest BCUT2D eigenvalue weighted by molar-refractivity contribution is 5.76. The fourth-order valence-electron chi connectivity index (χ4n) is 1.90. The summed E-state index contributed by atoms with van der Waals surface area (Å²) in [6.07, 6.45) is 2.54. The smallest absolute Gasteiger partial charge is 0.223 e. The molecule has 0 radical (unpaired) electrons. The average Bonchev–Trinajstić information content (AvgIpc) is 3.28. The third-order valence-corrected chi connectivity index (χ3v) is 3.45. The van der Waals surface area contributed by atoms with Crippen molar-refractivity contribution in [3.8, 4) is 11.5 Å². The summed E-state index contributed by atoms with van der Waals surface area (Å²) in [7, 11) is 0. The number of amides is 1. The third kappa shape index (κ3) is 4.93. The van der Waals surface area contributed by atoms with Gasteiger partial charge >= 0.3 is 0 Å². The summed E-state index contributed by atoms with van der Waals surface area (Å²) in [5.41, 5.74) is 6.40. The molecule has 0 bridgehead atoms. The first-order valence-electron chi connectivity index (χ1n) is 7.51. The van der Waals surface area contributed by atoms with Gasteiger partial charge in [-0.05, 0) is 37.5 Å². The molecule has 1 saturated carbocycles. The molecule has 5 heteroatoms. The van der Waals surface area contributed by atoms with Crippen LogP contribution in [0.2, 0.25) is 0 Å². The van der Waals surface area contributed by atoms with Crippen LogP contribution in [-0.4, -0.2) is 25.2 Å². The Bertz CT molecular complexity index is 486. The maximum Gasteiger partial charge on any atom is 0.223 e. The Morgan fingerprint density at radius 3 is 2.76 bits per heavy atom. The number of nitrogens with one attached hydrogen (secondary N) is 1. The van der Waals surface area contributed by atoms with E-state index >= 15 is 0 Å². The van der Waals surface area contributed by atoms with Gasteiger partial charge in [0, 0.05) is 12.6 Å². The van der Waals surface area contributed by atoms with Crippen LogP contribution in [0, 0.1) is 5.92 Å². The molecule has 1 atom stereocenters. The van der Waals surface area contributed by atoms with Crippen LogP contribution in [0.5, 0.6) is 11.5 Å². The molecule has 1 amide bonds. The molecule has 21 heavy (non-hydrogen) atoms. The van der Waals surface area contributed by atoms with E-state index in [4.69, 9.17) is 15.2 Å². The van der Waals surface area contributed by atoms with E-state index in [1.165, 1.54) is 18.4 Å². The fourth-order valence-corrected chi connectivity index (χ4v) is 1.90. The SMILES string of the molecule is CCOc1cc(CNC2CC2)ccc1OCC(C)C(N)=O. The molecular formula is C16H24N2O3. The van der Waals surface area contributed by atoms with Crippen LogP contribution in [0.4, 0.5) is 0 Å². The lowest BCUT2D eigenvalue weighted by atomic mass is 10.2. The largest absolute Gasteiger partial charge is 0.490 e. The summed E-state index contributed by atoms with van der Waals surface area (Å²) < 4.78 is 11.3. The molecule has 1 aliphatic rings. The zero-order valence-electron chi connectivity index (χ0n) is 12.7. The lowest BCUT2D eigenvalue weighted by Crippen LogP contribution is -2.25. The van der Waals surface area contributed by atoms with Gasteiger partial charge in [0.1, 0.15) is 0 Å². The van der Waals surface area contributed by atoms with Crippen molar-refractivity contribution in [1.82, 2.24) is 5.32 Å². The molecule has 0 heterocycles. The zero-order chi connectivity index (χ0) is 15.2. The van der Waals surface area contributed by atoms with Gasteiger partial charge in [-0.15, -0.1) is 0 Å². The van der Waals surface area contributed by atoms with Crippen LogP contribution in [-0.2, 0) is 11.3 Å². The van der Waals surface area contributed by atoms with Crippen LogP contribution in [0.15, 0.2) is 18.2 Å². The number of carbonyl (C=O) groups excluding carboxylic acids is 1. The van der Waals surface area contributed by atoms with E-state index in [1.54, 1.807) is 6.92 Å². The maximum atomic E-state index is 11.0. The standard InChI is InChI=1S/C16H24N2O3/c1-3-20-15-8-12(9-18-13-5-6-13)4-7-14(15)21-10-11(2)16(17)19/h4,7-8,11,13,18H,3,5-6,9-10H2,1-2H3,(H2,17,19). The van der Waals surface area contributed by atoms with Gasteiger partial charge in [0.15, 0.2) is 11.5 Å². The van der Waals surface area contributed by atoms with Crippen molar-refractivity contribution >= 4 is 5.91 Å². The zero-order valence-corrected chi connectivity index (χ0v) is 12.7. The number of carbonyl (C=O) groups is 1. The Morgan fingerprint density at radius 1 is 1.38 bits per heavy atom. The molecule has 1 unspecified atom stereocenters. The number of nitrogens with two attached hydrogens (primary N) is 1. The van der Waals surface area contributed by atoms with Crippen LogP contribution < -0.4 is 20.5 Å². The molecule has 5 nitrogen and oxygen atoms in total. The molecule has 2 rings (SSSR count). The van der Waals surface area contributed by atoms with Gasteiger partial charge in [-0.3, -0.25) is 4.79 Å². The van der Waals surface area contributed by atoms with Crippen LogP contribution in [0.3, 0.4) is 0 Å². The second kappa shape index (κ2) is 7.31. The monoisotopic (exact) mass is 292 g/mol. The quantitative estimate of drug-likeness (QED) is 0.728. The number of benzene rings is 1. The first-order chi connectivity index (χ1) is 10.1. The van der Waals surface area contributed by atoms with Gasteiger partial charge in [0.25, 0.3) is 0 Å². The van der Waals surface area contributed by atoms with Crippen molar-refractivity contribution in [1.29, 1.82) is 0 Å². The van der Waals surface area contributed by atoms with Crippen molar-refractivity contribution in [3.63, 3.8) is 0 Å². The Kier molecular flexibility index (Phi) is 5.44. The summed E-state index contributed by atoms with van der Waals surface area (Å²) in [4.78, 5) is 11.0. The molecule has 0 aromatic heterocycles. The summed E-state index contributed by atoms with van der Waals surface area (Å²) >= 11 is 0. The molecule has 1 aromatic carbocycles. The first kappa shape index (κ1) is 15.6. The van der Waals surface area contributed by atoms with Gasteiger partial charge in [-0.2, -0.15) is 0 Å². The van der Waals surface area contributed by atoms with Crippen LogP contribution >= 0.6 is 0 Å². The van der Waals surface area contributed by atoms with E-state index in [1.807, 2.05) is 25.1 Å². The first-order valence-corrected chi connectivity index (χ1v) is 7.51. The van der Waals surface area contributed by atoms with Gasteiger partial charge in [0.2, 0.25) is 5.91 Å². The Balaban J connectivity index is 1.99. The predicted molar refractivity (Wildman–Crippen MR) is 81.3 cm³/mol. The van der Waals surface area contributed by atoms with Crippen molar-refractivity contribution in [2.45, 2.75) is 39.3 Å². The van der Waals surface area contributed by atoms with E-state index in [-0.39, 0.29) is 18.4 Å². The molecule has 1 aliphatic carbocycles. The normalized spacial score (nSPS) is 15.5. The van der Waals surface area contributed by atoms with Crippen molar-refractivity contribution in [3.05, 3.63) is 23.8 Å². The van der Waals surface area contributed by atoms with Crippen LogP contribution in [0.25, 0.3) is 0 Å². The Labute approximate surface area is 125 Å². The highest BCUT2D eigenvalue weighted by Gasteiger charge is 2.20. The summed E-state index contributed by atoms with van der Waals surface area (Å²) in [6, 6.07) is 6.57. The second-order valence-electron chi connectivity index (χ2n) is 5.48. The topological polar surface area (TPSA) is 73.6 Å². The lowest BCUT2D eigenvalue weighted by Gasteiger charge is -2.15. The van der Waals surface area contributed by atoms with Crippen molar-refractivity contribution in [2.24, 2.45) is 11.7 Å². The minimum Gasteiger partial charge on any atom is -0.490 e. The Morgan fingerprint density at radius 2 is 2.14 bits per heavy atom. The molecular weight excluding hydrogens is 268 g/mol. The predicted octanol–water partition coefficient (Wildman–Crippen LogP) is 1.84. The molecule has 3 N–H and O–H groups in total. The molecule has 0 aliphatic heterocycles. The maximum absolute atomic E-state index is 11.0. The van der Waals surface area contributed by atoms with Crippen molar-refractivity contribution < 1.29 is 14.3 Å². The number of primary amides is 1. The molecule has 1 aromatic rings. The van der Waals surface area contributed by atoms with Gasteiger partial charge < -0.3 is 20.5 Å². The van der Waals surface area contributed by atoms with Gasteiger partial charge in [-0.1, -0.05) is 13.0 Å². The molecule has 116 valence electrons. The van der Waals surface area contributed by atoms with E-state index in [0.717, 1.165) is 6.54 Å². The van der Waals surface area contributed by atoms with Crippen molar-refractivity contribution in [2.75, 3.05) is 13.2 Å². The van der Waals surface area contributed by atoms with E-state index < -0.39 is 0 Å². The van der Waals surface area contributed by atoms with Gasteiger partial charge in [-0.25, -0.2) is 0 Å². The highest BCUT2D eigenvalue weighted by atomic mass is 16.5. The fraction of sp³-hybridized carbons (Fsp3) is 0.562. The van der Waals surface area contributed by atoms with E-state index in [9.17, 15) is 4.79 Å². The number of hydrogen-bond donors (Lipinski definition) is 2. The van der Waals surface area contributed by atoms with Gasteiger partial charge in [0.05, 0.1) is 19.1 Å². The van der Waals surface area contributed by atoms with Crippen LogP contribution in [0.1, 0.15) is 32.3 Å². The van der Waals surface area contributed by atoms with E-state index in [0.29, 0.717) is 24.1 Å². The number of rotatable bonds is 9. The number of hydrogen-bond acceptors (Lipinski definition) is 4. The molecule has 1 fully saturated rings.